The number of halogens is 4. The summed E-state index contributed by atoms with van der Waals surface area (Å²) >= 11 is 0. The van der Waals surface area contributed by atoms with Gasteiger partial charge in [0.15, 0.2) is 11.4 Å². The van der Waals surface area contributed by atoms with E-state index in [-0.39, 0.29) is 11.3 Å². The smallest absolute Gasteiger partial charge is 0.358 e. The molecule has 1 N–H and O–H groups in total. The van der Waals surface area contributed by atoms with Crippen LogP contribution in [0.1, 0.15) is 41.9 Å². The minimum atomic E-state index is -4.47. The van der Waals surface area contributed by atoms with Gasteiger partial charge in [-0.1, -0.05) is 30.3 Å². The van der Waals surface area contributed by atoms with Crippen molar-refractivity contribution in [2.45, 2.75) is 33.9 Å². The van der Waals surface area contributed by atoms with Gasteiger partial charge in [0, 0.05) is 24.3 Å². The van der Waals surface area contributed by atoms with Crippen molar-refractivity contribution in [3.8, 4) is 0 Å². The van der Waals surface area contributed by atoms with E-state index in [2.05, 4.69) is 4.98 Å². The highest BCUT2D eigenvalue weighted by atomic mass is 19.4. The van der Waals surface area contributed by atoms with E-state index in [0.29, 0.717) is 35.9 Å². The summed E-state index contributed by atoms with van der Waals surface area (Å²) in [7, 11) is 0.441. The Morgan fingerprint density at radius 3 is 2.19 bits per heavy atom. The van der Waals surface area contributed by atoms with Gasteiger partial charge in [-0.3, -0.25) is 0 Å². The molecule has 7 heteroatoms. The standard InChI is InChI=1S/C20H19BF4N2/c1-11-10-12(2)27(21-25)19(11)16(15-8-6-5-7-9-15)18-13(3)17(14(4)26-18)20(22,23)24/h5-10,26H,1-4H3/q+1. The minimum absolute atomic E-state index is 0.0418. The van der Waals surface area contributed by atoms with Crippen LogP contribution in [0.5, 0.6) is 0 Å². The topological polar surface area (TPSA) is 18.8 Å². The van der Waals surface area contributed by atoms with Crippen molar-refractivity contribution < 1.29 is 22.0 Å². The van der Waals surface area contributed by atoms with Crippen LogP contribution in [0.15, 0.2) is 47.7 Å². The van der Waals surface area contributed by atoms with Crippen LogP contribution < -0.4 is 0 Å². The predicted molar refractivity (Wildman–Crippen MR) is 99.3 cm³/mol. The van der Waals surface area contributed by atoms with Crippen LogP contribution in [-0.2, 0) is 6.18 Å². The molecule has 27 heavy (non-hydrogen) atoms. The van der Waals surface area contributed by atoms with Crippen LogP contribution in [0.4, 0.5) is 17.5 Å². The number of nitrogens with one attached hydrogen (secondary N) is 1. The zero-order valence-corrected chi connectivity index (χ0v) is 15.5. The van der Waals surface area contributed by atoms with Crippen molar-refractivity contribution in [2.75, 3.05) is 0 Å². The highest BCUT2D eigenvalue weighted by Crippen LogP contribution is 2.41. The van der Waals surface area contributed by atoms with Crippen LogP contribution in [-0.4, -0.2) is 22.9 Å². The maximum atomic E-state index is 13.7. The van der Waals surface area contributed by atoms with Gasteiger partial charge < -0.3 is 4.98 Å². The second kappa shape index (κ2) is 6.87. The average molecular weight is 374 g/mol. The highest BCUT2D eigenvalue weighted by Gasteiger charge is 2.39. The van der Waals surface area contributed by atoms with E-state index in [9.17, 15) is 17.5 Å². The van der Waals surface area contributed by atoms with Gasteiger partial charge in [-0.25, -0.2) is 8.80 Å². The van der Waals surface area contributed by atoms with Gasteiger partial charge in [0.2, 0.25) is 0 Å². The fraction of sp³-hybridized carbons (Fsp3) is 0.250. The Morgan fingerprint density at radius 2 is 1.67 bits per heavy atom. The number of nitrogens with zero attached hydrogens (tertiary/aromatic N) is 1. The third kappa shape index (κ3) is 3.26. The third-order valence-electron chi connectivity index (χ3n) is 4.79. The number of hydrogen-bond donors (Lipinski definition) is 1. The van der Waals surface area contributed by atoms with Crippen molar-refractivity contribution in [2.24, 2.45) is 0 Å². The second-order valence-corrected chi connectivity index (χ2v) is 6.65. The molecule has 1 aliphatic heterocycles. The Morgan fingerprint density at radius 1 is 1.04 bits per heavy atom. The lowest BCUT2D eigenvalue weighted by Gasteiger charge is -2.12. The zero-order valence-electron chi connectivity index (χ0n) is 15.5. The number of allylic oxidation sites excluding steroid dienone is 2. The molecular formula is C20H19BF4N2+. The Kier molecular flexibility index (Phi) is 4.89. The maximum Gasteiger partial charge on any atom is 0.792 e. The molecule has 2 heterocycles. The Balaban J connectivity index is 2.40. The van der Waals surface area contributed by atoms with Crippen molar-refractivity contribution in [3.63, 3.8) is 0 Å². The van der Waals surface area contributed by atoms with Crippen LogP contribution in [0, 0.1) is 13.8 Å². The number of benzene rings is 1. The molecule has 3 rings (SSSR count). The summed E-state index contributed by atoms with van der Waals surface area (Å²) in [5.74, 6) is 0. The molecule has 0 saturated carbocycles. The summed E-state index contributed by atoms with van der Waals surface area (Å²) in [5, 5.41) is 0. The number of aromatic nitrogens is 1. The van der Waals surface area contributed by atoms with Gasteiger partial charge in [-0.2, -0.15) is 13.2 Å². The number of aromatic amines is 1. The number of H-pyrrole nitrogens is 1. The first-order chi connectivity index (χ1) is 12.7. The second-order valence-electron chi connectivity index (χ2n) is 6.65. The molecule has 0 fully saturated rings. The lowest BCUT2D eigenvalue weighted by Crippen LogP contribution is -2.17. The Bertz CT molecular complexity index is 979. The molecule has 2 nitrogen and oxygen atoms in total. The molecule has 1 aromatic heterocycles. The van der Waals surface area contributed by atoms with Crippen molar-refractivity contribution in [1.29, 1.82) is 0 Å². The van der Waals surface area contributed by atoms with Crippen LogP contribution in [0.2, 0.25) is 0 Å². The summed E-state index contributed by atoms with van der Waals surface area (Å²) in [6.45, 7) is 6.42. The normalized spacial score (nSPS) is 16.7. The molecule has 0 unspecified atom stereocenters. The fourth-order valence-corrected chi connectivity index (χ4v) is 3.69. The highest BCUT2D eigenvalue weighted by molar-refractivity contribution is 6.20. The lowest BCUT2D eigenvalue weighted by molar-refractivity contribution is -0.320. The van der Waals surface area contributed by atoms with Crippen LogP contribution in [0.25, 0.3) is 5.57 Å². The molecule has 0 bridgehead atoms. The number of alkyl halides is 3. The molecule has 0 amide bonds. The molecule has 1 aliphatic rings. The van der Waals surface area contributed by atoms with E-state index in [1.807, 2.05) is 31.2 Å². The Hall–Kier alpha value is -2.57. The predicted octanol–water partition coefficient (Wildman–Crippen LogP) is 5.35. The molecule has 139 valence electrons. The van der Waals surface area contributed by atoms with E-state index in [1.54, 1.807) is 19.1 Å². The molecule has 0 atom stereocenters. The van der Waals surface area contributed by atoms with Gasteiger partial charge in [0.25, 0.3) is 0 Å². The first-order valence-corrected chi connectivity index (χ1v) is 8.48. The molecule has 2 aromatic rings. The quantitative estimate of drug-likeness (QED) is 0.552. The summed E-state index contributed by atoms with van der Waals surface area (Å²) in [6, 6.07) is 9.05. The number of aryl methyl sites for hydroxylation is 1. The summed E-state index contributed by atoms with van der Waals surface area (Å²) < 4.78 is 55.6. The lowest BCUT2D eigenvalue weighted by atomic mass is 9.94. The van der Waals surface area contributed by atoms with E-state index in [1.165, 1.54) is 18.3 Å². The SMILES string of the molecule is CC1=CC(C)=[N+]([B]F)/C1=C(/c1ccccc1)c1[nH]c(C)c(C(F)(F)F)c1C. The average Bonchev–Trinajstić information content (AvgIpc) is 3.04. The van der Waals surface area contributed by atoms with E-state index in [4.69, 9.17) is 0 Å². The van der Waals surface area contributed by atoms with Crippen LogP contribution >= 0.6 is 0 Å². The van der Waals surface area contributed by atoms with Gasteiger partial charge in [0.05, 0.1) is 16.8 Å². The minimum Gasteiger partial charge on any atom is -0.358 e. The molecule has 0 aliphatic carbocycles. The van der Waals surface area contributed by atoms with Gasteiger partial charge in [0.1, 0.15) is 0 Å². The number of rotatable bonds is 3. The van der Waals surface area contributed by atoms with E-state index >= 15 is 0 Å². The van der Waals surface area contributed by atoms with Crippen molar-refractivity contribution >= 4 is 19.0 Å². The first kappa shape index (κ1) is 19.2. The summed E-state index contributed by atoms with van der Waals surface area (Å²) in [6.07, 6.45) is -2.66. The third-order valence-corrected chi connectivity index (χ3v) is 4.79. The first-order valence-electron chi connectivity index (χ1n) is 8.48. The molecular weight excluding hydrogens is 355 g/mol. The largest absolute Gasteiger partial charge is 0.792 e. The number of hydrogen-bond acceptors (Lipinski definition) is 0. The molecule has 0 spiro atoms. The zero-order chi connectivity index (χ0) is 19.9. The van der Waals surface area contributed by atoms with Crippen LogP contribution in [0.3, 0.4) is 0 Å². The summed E-state index contributed by atoms with van der Waals surface area (Å²) in [5.41, 5.74) is 3.02. The maximum absolute atomic E-state index is 13.7. The van der Waals surface area contributed by atoms with Crippen molar-refractivity contribution in [3.05, 3.63) is 75.8 Å². The molecule has 1 radical (unpaired) electrons. The monoisotopic (exact) mass is 374 g/mol. The molecule has 1 aromatic carbocycles. The fourth-order valence-electron chi connectivity index (χ4n) is 3.69. The van der Waals surface area contributed by atoms with Crippen molar-refractivity contribution in [1.82, 2.24) is 4.98 Å². The Labute approximate surface area is 156 Å². The molecule has 0 saturated heterocycles. The van der Waals surface area contributed by atoms with E-state index in [0.717, 1.165) is 5.57 Å². The summed E-state index contributed by atoms with van der Waals surface area (Å²) in [4.78, 5) is 2.90. The van der Waals surface area contributed by atoms with E-state index < -0.39 is 11.7 Å². The van der Waals surface area contributed by atoms with Gasteiger partial charge in [-0.15, -0.1) is 0 Å². The van der Waals surface area contributed by atoms with Gasteiger partial charge in [-0.05, 0) is 31.9 Å². The van der Waals surface area contributed by atoms with Gasteiger partial charge >= 0.3 is 13.9 Å².